The number of rotatable bonds is 7. The van der Waals surface area contributed by atoms with Crippen molar-refractivity contribution in [3.8, 4) is 0 Å². The summed E-state index contributed by atoms with van der Waals surface area (Å²) in [6, 6.07) is 0. The van der Waals surface area contributed by atoms with Crippen LogP contribution in [0.2, 0.25) is 0 Å². The Morgan fingerprint density at radius 3 is 2.67 bits per heavy atom. The molecule has 1 rings (SSSR count). The lowest BCUT2D eigenvalue weighted by atomic mass is 10.0. The molecule has 18 heavy (non-hydrogen) atoms. The first-order valence-corrected chi connectivity index (χ1v) is 8.28. The first-order valence-electron chi connectivity index (χ1n) is 6.88. The van der Waals surface area contributed by atoms with E-state index in [0.29, 0.717) is 25.6 Å². The molecule has 1 aliphatic heterocycles. The Morgan fingerprint density at radius 2 is 2.11 bits per heavy atom. The summed E-state index contributed by atoms with van der Waals surface area (Å²) in [5, 5.41) is 9.03. The predicted octanol–water partition coefficient (Wildman–Crippen LogP) is 1.06. The van der Waals surface area contributed by atoms with Crippen LogP contribution in [-0.2, 0) is 10.2 Å². The highest BCUT2D eigenvalue weighted by molar-refractivity contribution is 7.86. The molecule has 0 saturated carbocycles. The van der Waals surface area contributed by atoms with E-state index in [4.69, 9.17) is 5.11 Å². The van der Waals surface area contributed by atoms with Crippen LogP contribution in [0.3, 0.4) is 0 Å². The number of hydrogen-bond donors (Lipinski definition) is 1. The normalized spacial score (nSPS) is 22.6. The fourth-order valence-electron chi connectivity index (χ4n) is 2.31. The number of piperidine rings is 1. The second kappa shape index (κ2) is 7.43. The molecular weight excluding hydrogens is 252 g/mol. The Kier molecular flexibility index (Phi) is 6.55. The zero-order chi connectivity index (χ0) is 13.6. The Balaban J connectivity index is 2.72. The van der Waals surface area contributed by atoms with Crippen LogP contribution in [0.15, 0.2) is 0 Å². The Bertz CT molecular complexity index is 332. The Morgan fingerprint density at radius 1 is 1.39 bits per heavy atom. The third-order valence-electron chi connectivity index (χ3n) is 3.38. The van der Waals surface area contributed by atoms with E-state index in [2.05, 4.69) is 6.92 Å². The van der Waals surface area contributed by atoms with Crippen molar-refractivity contribution in [1.82, 2.24) is 8.61 Å². The molecule has 108 valence electrons. The van der Waals surface area contributed by atoms with Crippen molar-refractivity contribution >= 4 is 10.2 Å². The first kappa shape index (κ1) is 15.9. The van der Waals surface area contributed by atoms with Crippen LogP contribution in [0.4, 0.5) is 0 Å². The van der Waals surface area contributed by atoms with Gasteiger partial charge in [0, 0.05) is 26.2 Å². The van der Waals surface area contributed by atoms with E-state index in [1.807, 2.05) is 6.92 Å². The molecule has 0 amide bonds. The van der Waals surface area contributed by atoms with Crippen molar-refractivity contribution in [2.24, 2.45) is 5.92 Å². The highest BCUT2D eigenvalue weighted by Gasteiger charge is 2.31. The van der Waals surface area contributed by atoms with Gasteiger partial charge in [-0.1, -0.05) is 20.3 Å². The van der Waals surface area contributed by atoms with Gasteiger partial charge in [0.1, 0.15) is 0 Å². The van der Waals surface area contributed by atoms with Crippen LogP contribution in [-0.4, -0.2) is 54.9 Å². The predicted molar refractivity (Wildman–Crippen MR) is 72.5 cm³/mol. The van der Waals surface area contributed by atoms with Crippen LogP contribution >= 0.6 is 0 Å². The van der Waals surface area contributed by atoms with E-state index in [1.54, 1.807) is 4.31 Å². The highest BCUT2D eigenvalue weighted by atomic mass is 32.2. The van der Waals surface area contributed by atoms with Gasteiger partial charge in [0.15, 0.2) is 0 Å². The molecule has 6 heteroatoms. The van der Waals surface area contributed by atoms with Crippen LogP contribution in [0.25, 0.3) is 0 Å². The van der Waals surface area contributed by atoms with Gasteiger partial charge in [-0.25, -0.2) is 0 Å². The topological polar surface area (TPSA) is 60.9 Å². The highest BCUT2D eigenvalue weighted by Crippen LogP contribution is 2.20. The summed E-state index contributed by atoms with van der Waals surface area (Å²) in [7, 11) is -3.38. The fraction of sp³-hybridized carbons (Fsp3) is 1.00. The monoisotopic (exact) mass is 278 g/mol. The van der Waals surface area contributed by atoms with Gasteiger partial charge < -0.3 is 5.11 Å². The molecule has 1 heterocycles. The molecule has 0 bridgehead atoms. The molecule has 1 N–H and O–H groups in total. The largest absolute Gasteiger partial charge is 0.395 e. The van der Waals surface area contributed by atoms with Gasteiger partial charge in [0.2, 0.25) is 0 Å². The van der Waals surface area contributed by atoms with Crippen LogP contribution < -0.4 is 0 Å². The van der Waals surface area contributed by atoms with Gasteiger partial charge in [0.05, 0.1) is 6.61 Å². The molecule has 0 aromatic carbocycles. The molecule has 0 spiro atoms. The third kappa shape index (κ3) is 4.19. The average molecular weight is 278 g/mol. The lowest BCUT2D eigenvalue weighted by Gasteiger charge is -2.34. The van der Waals surface area contributed by atoms with Crippen LogP contribution in [0, 0.1) is 5.92 Å². The molecule has 0 aromatic heterocycles. The minimum atomic E-state index is -3.38. The summed E-state index contributed by atoms with van der Waals surface area (Å²) in [6.45, 7) is 5.93. The summed E-state index contributed by atoms with van der Waals surface area (Å²) < 4.78 is 27.9. The van der Waals surface area contributed by atoms with E-state index in [-0.39, 0.29) is 13.2 Å². The maximum absolute atomic E-state index is 12.5. The molecule has 1 fully saturated rings. The molecule has 1 saturated heterocycles. The lowest BCUT2D eigenvalue weighted by molar-refractivity contribution is 0.226. The minimum absolute atomic E-state index is 0.119. The SMILES string of the molecule is CCCCN(CCO)S(=O)(=O)N1CCCC(C)C1. The minimum Gasteiger partial charge on any atom is -0.395 e. The quantitative estimate of drug-likeness (QED) is 0.757. The molecule has 0 radical (unpaired) electrons. The smallest absolute Gasteiger partial charge is 0.282 e. The molecular formula is C12H26N2O3S. The Labute approximate surface area is 111 Å². The van der Waals surface area contributed by atoms with Gasteiger partial charge in [-0.15, -0.1) is 0 Å². The number of aliphatic hydroxyl groups excluding tert-OH is 1. The van der Waals surface area contributed by atoms with E-state index < -0.39 is 10.2 Å². The zero-order valence-corrected chi connectivity index (χ0v) is 12.3. The lowest BCUT2D eigenvalue weighted by Crippen LogP contribution is -2.48. The van der Waals surface area contributed by atoms with E-state index >= 15 is 0 Å². The summed E-state index contributed by atoms with van der Waals surface area (Å²) in [5.74, 6) is 0.427. The first-order chi connectivity index (χ1) is 8.52. The van der Waals surface area contributed by atoms with Crippen LogP contribution in [0.5, 0.6) is 0 Å². The number of unbranched alkanes of at least 4 members (excludes halogenated alkanes) is 1. The van der Waals surface area contributed by atoms with Gasteiger partial charge in [0.25, 0.3) is 10.2 Å². The van der Waals surface area contributed by atoms with Crippen molar-refractivity contribution < 1.29 is 13.5 Å². The second-order valence-corrected chi connectivity index (χ2v) is 7.02. The van der Waals surface area contributed by atoms with Gasteiger partial charge in [-0.3, -0.25) is 0 Å². The maximum Gasteiger partial charge on any atom is 0.282 e. The van der Waals surface area contributed by atoms with E-state index in [0.717, 1.165) is 25.7 Å². The van der Waals surface area contributed by atoms with Crippen molar-refractivity contribution in [3.63, 3.8) is 0 Å². The molecule has 5 nitrogen and oxygen atoms in total. The summed E-state index contributed by atoms with van der Waals surface area (Å²) >= 11 is 0. The zero-order valence-electron chi connectivity index (χ0n) is 11.5. The average Bonchev–Trinajstić information content (AvgIpc) is 2.34. The van der Waals surface area contributed by atoms with Gasteiger partial charge >= 0.3 is 0 Å². The van der Waals surface area contributed by atoms with Crippen LogP contribution in [0.1, 0.15) is 39.5 Å². The number of aliphatic hydroxyl groups is 1. The molecule has 0 aliphatic carbocycles. The van der Waals surface area contributed by atoms with Crippen molar-refractivity contribution in [3.05, 3.63) is 0 Å². The maximum atomic E-state index is 12.5. The standard InChI is InChI=1S/C12H26N2O3S/c1-3-4-7-13(9-10-15)18(16,17)14-8-5-6-12(2)11-14/h12,15H,3-11H2,1-2H3. The summed E-state index contributed by atoms with van der Waals surface area (Å²) in [4.78, 5) is 0. The van der Waals surface area contributed by atoms with Gasteiger partial charge in [-0.2, -0.15) is 17.0 Å². The number of hydrogen-bond acceptors (Lipinski definition) is 3. The second-order valence-electron chi connectivity index (χ2n) is 5.09. The van der Waals surface area contributed by atoms with Gasteiger partial charge in [-0.05, 0) is 25.2 Å². The summed E-state index contributed by atoms with van der Waals surface area (Å²) in [6.07, 6.45) is 3.82. The van der Waals surface area contributed by atoms with E-state index in [9.17, 15) is 8.42 Å². The third-order valence-corrected chi connectivity index (χ3v) is 5.38. The molecule has 1 unspecified atom stereocenters. The van der Waals surface area contributed by atoms with E-state index in [1.165, 1.54) is 4.31 Å². The Hall–Kier alpha value is -0.170. The number of nitrogens with zero attached hydrogens (tertiary/aromatic N) is 2. The van der Waals surface area contributed by atoms with Crippen molar-refractivity contribution in [2.45, 2.75) is 39.5 Å². The molecule has 0 aromatic rings. The molecule has 1 atom stereocenters. The summed E-state index contributed by atoms with van der Waals surface area (Å²) in [5.41, 5.74) is 0. The fourth-order valence-corrected chi connectivity index (χ4v) is 4.11. The molecule has 1 aliphatic rings. The van der Waals surface area contributed by atoms with Crippen molar-refractivity contribution in [1.29, 1.82) is 0 Å². The van der Waals surface area contributed by atoms with Crippen molar-refractivity contribution in [2.75, 3.05) is 32.8 Å².